The van der Waals surface area contributed by atoms with Crippen molar-refractivity contribution in [3.05, 3.63) is 30.1 Å². The summed E-state index contributed by atoms with van der Waals surface area (Å²) in [5, 5.41) is 10.5. The Kier molecular flexibility index (Phi) is 2.79. The molecule has 2 fully saturated rings. The Hall–Kier alpha value is -1.13. The topological polar surface area (TPSA) is 49.5 Å². The first-order valence-electron chi connectivity index (χ1n) is 6.57. The molecule has 3 atom stereocenters. The summed E-state index contributed by atoms with van der Waals surface area (Å²) >= 11 is 0. The van der Waals surface area contributed by atoms with Crippen LogP contribution in [0.4, 0.5) is 10.1 Å². The second-order valence-corrected chi connectivity index (χ2v) is 5.54. The van der Waals surface area contributed by atoms with Gasteiger partial charge in [0.1, 0.15) is 5.82 Å². The fraction of sp³-hybridized carbons (Fsp3) is 0.571. The number of rotatable bonds is 2. The maximum absolute atomic E-state index is 13.8. The van der Waals surface area contributed by atoms with Gasteiger partial charge in [0.2, 0.25) is 0 Å². The second kappa shape index (κ2) is 4.21. The first-order valence-corrected chi connectivity index (χ1v) is 6.57. The highest BCUT2D eigenvalue weighted by Crippen LogP contribution is 2.43. The number of aliphatic hydroxyl groups is 1. The van der Waals surface area contributed by atoms with E-state index in [0.717, 1.165) is 19.3 Å². The van der Waals surface area contributed by atoms with E-state index in [4.69, 9.17) is 5.73 Å². The molecule has 0 aromatic heterocycles. The predicted octanol–water partition coefficient (Wildman–Crippen LogP) is 1.50. The van der Waals surface area contributed by atoms with Crippen LogP contribution in [0, 0.1) is 11.7 Å². The van der Waals surface area contributed by atoms with Crippen molar-refractivity contribution in [2.75, 3.05) is 18.0 Å². The highest BCUT2D eigenvalue weighted by Gasteiger charge is 2.48. The van der Waals surface area contributed by atoms with E-state index in [1.165, 1.54) is 6.07 Å². The molecule has 18 heavy (non-hydrogen) atoms. The molecule has 1 saturated carbocycles. The van der Waals surface area contributed by atoms with Crippen LogP contribution in [-0.2, 0) is 0 Å². The molecule has 3 rings (SSSR count). The van der Waals surface area contributed by atoms with Gasteiger partial charge in [-0.05, 0) is 31.4 Å². The van der Waals surface area contributed by atoms with Crippen LogP contribution >= 0.6 is 0 Å². The Labute approximate surface area is 106 Å². The molecule has 3 nitrogen and oxygen atoms in total. The highest BCUT2D eigenvalue weighted by atomic mass is 19.1. The molecule has 3 N–H and O–H groups in total. The number of para-hydroxylation sites is 1. The van der Waals surface area contributed by atoms with Gasteiger partial charge in [0.05, 0.1) is 11.3 Å². The number of hydrogen-bond donors (Lipinski definition) is 2. The minimum absolute atomic E-state index is 0.167. The SMILES string of the molecule is NCC1(O)CCC2CC1CN2c1ccccc1F. The lowest BCUT2D eigenvalue weighted by Gasteiger charge is -2.35. The number of nitrogens with two attached hydrogens (primary N) is 1. The minimum Gasteiger partial charge on any atom is -0.388 e. The molecule has 98 valence electrons. The molecule has 1 aliphatic heterocycles. The Morgan fingerprint density at radius 3 is 2.94 bits per heavy atom. The van der Waals surface area contributed by atoms with Crippen LogP contribution in [0.3, 0.4) is 0 Å². The zero-order chi connectivity index (χ0) is 12.8. The van der Waals surface area contributed by atoms with Gasteiger partial charge < -0.3 is 15.7 Å². The normalized spacial score (nSPS) is 34.9. The lowest BCUT2D eigenvalue weighted by Crippen LogP contribution is -2.47. The van der Waals surface area contributed by atoms with E-state index < -0.39 is 5.60 Å². The fourth-order valence-corrected chi connectivity index (χ4v) is 3.45. The van der Waals surface area contributed by atoms with Gasteiger partial charge in [-0.3, -0.25) is 0 Å². The molecule has 0 spiro atoms. The number of hydrogen-bond acceptors (Lipinski definition) is 3. The molecule has 1 aromatic carbocycles. The average Bonchev–Trinajstić information content (AvgIpc) is 2.76. The van der Waals surface area contributed by atoms with Crippen molar-refractivity contribution < 1.29 is 9.50 Å². The molecule has 1 aromatic rings. The van der Waals surface area contributed by atoms with E-state index in [1.54, 1.807) is 6.07 Å². The Balaban J connectivity index is 1.88. The van der Waals surface area contributed by atoms with E-state index in [-0.39, 0.29) is 11.7 Å². The van der Waals surface area contributed by atoms with Crippen LogP contribution in [0.5, 0.6) is 0 Å². The molecule has 2 bridgehead atoms. The number of halogens is 1. The van der Waals surface area contributed by atoms with Crippen molar-refractivity contribution in [3.8, 4) is 0 Å². The van der Waals surface area contributed by atoms with Crippen molar-refractivity contribution in [1.82, 2.24) is 0 Å². The molecule has 4 heteroatoms. The van der Waals surface area contributed by atoms with Crippen LogP contribution in [0.25, 0.3) is 0 Å². The number of fused-ring (bicyclic) bond motifs is 2. The van der Waals surface area contributed by atoms with Gasteiger partial charge in [-0.15, -0.1) is 0 Å². The number of benzene rings is 1. The monoisotopic (exact) mass is 250 g/mol. The third-order valence-corrected chi connectivity index (χ3v) is 4.60. The maximum atomic E-state index is 13.8. The van der Waals surface area contributed by atoms with Crippen molar-refractivity contribution in [1.29, 1.82) is 0 Å². The van der Waals surface area contributed by atoms with Crippen LogP contribution in [0.15, 0.2) is 24.3 Å². The van der Waals surface area contributed by atoms with Crippen molar-refractivity contribution in [3.63, 3.8) is 0 Å². The first-order chi connectivity index (χ1) is 8.64. The lowest BCUT2D eigenvalue weighted by atomic mass is 9.76. The number of nitrogens with zero attached hydrogens (tertiary/aromatic N) is 1. The van der Waals surface area contributed by atoms with Crippen molar-refractivity contribution >= 4 is 5.69 Å². The lowest BCUT2D eigenvalue weighted by molar-refractivity contribution is -0.0246. The van der Waals surface area contributed by atoms with Gasteiger partial charge in [0.25, 0.3) is 0 Å². The van der Waals surface area contributed by atoms with E-state index in [0.29, 0.717) is 24.8 Å². The molecule has 3 unspecified atom stereocenters. The minimum atomic E-state index is -0.753. The fourth-order valence-electron chi connectivity index (χ4n) is 3.45. The highest BCUT2D eigenvalue weighted by molar-refractivity contribution is 5.50. The molecule has 0 radical (unpaired) electrons. The molecule has 1 saturated heterocycles. The second-order valence-electron chi connectivity index (χ2n) is 5.54. The van der Waals surface area contributed by atoms with Crippen LogP contribution in [0.2, 0.25) is 0 Å². The zero-order valence-corrected chi connectivity index (χ0v) is 10.3. The molecular formula is C14H19FN2O. The van der Waals surface area contributed by atoms with E-state index in [1.807, 2.05) is 12.1 Å². The molecule has 0 amide bonds. The first kappa shape index (κ1) is 11.9. The average molecular weight is 250 g/mol. The quantitative estimate of drug-likeness (QED) is 0.836. The Bertz CT molecular complexity index is 453. The summed E-state index contributed by atoms with van der Waals surface area (Å²) in [5.74, 6) is -0.0119. The standard InChI is InChI=1S/C14H19FN2O/c15-12-3-1-2-4-13(12)17-8-10-7-11(17)5-6-14(10,18)9-16/h1-4,10-11,18H,5-9,16H2. The van der Waals surface area contributed by atoms with E-state index in [2.05, 4.69) is 4.90 Å². The smallest absolute Gasteiger partial charge is 0.146 e. The summed E-state index contributed by atoms with van der Waals surface area (Å²) in [6.45, 7) is 1.01. The third-order valence-electron chi connectivity index (χ3n) is 4.60. The molecular weight excluding hydrogens is 231 g/mol. The summed E-state index contributed by atoms with van der Waals surface area (Å²) in [4.78, 5) is 2.10. The third kappa shape index (κ3) is 1.71. The maximum Gasteiger partial charge on any atom is 0.146 e. The van der Waals surface area contributed by atoms with Crippen molar-refractivity contribution in [2.45, 2.75) is 30.9 Å². The van der Waals surface area contributed by atoms with Gasteiger partial charge in [-0.1, -0.05) is 12.1 Å². The summed E-state index contributed by atoms with van der Waals surface area (Å²) in [6, 6.07) is 7.22. The van der Waals surface area contributed by atoms with Crippen molar-refractivity contribution in [2.24, 2.45) is 11.7 Å². The van der Waals surface area contributed by atoms with Gasteiger partial charge >= 0.3 is 0 Å². The van der Waals surface area contributed by atoms with Crippen LogP contribution in [-0.4, -0.2) is 29.8 Å². The zero-order valence-electron chi connectivity index (χ0n) is 10.3. The predicted molar refractivity (Wildman–Crippen MR) is 68.9 cm³/mol. The summed E-state index contributed by atoms with van der Waals surface area (Å²) in [6.07, 6.45) is 2.53. The van der Waals surface area contributed by atoms with Gasteiger partial charge in [-0.2, -0.15) is 0 Å². The molecule has 2 aliphatic rings. The van der Waals surface area contributed by atoms with Crippen LogP contribution < -0.4 is 10.6 Å². The Morgan fingerprint density at radius 2 is 2.22 bits per heavy atom. The van der Waals surface area contributed by atoms with Gasteiger partial charge in [-0.25, -0.2) is 4.39 Å². The van der Waals surface area contributed by atoms with E-state index >= 15 is 0 Å². The summed E-state index contributed by atoms with van der Waals surface area (Å²) in [7, 11) is 0. The Morgan fingerprint density at radius 1 is 1.44 bits per heavy atom. The molecule has 1 aliphatic carbocycles. The van der Waals surface area contributed by atoms with Gasteiger partial charge in [0, 0.05) is 25.0 Å². The van der Waals surface area contributed by atoms with Crippen LogP contribution in [0.1, 0.15) is 19.3 Å². The van der Waals surface area contributed by atoms with E-state index in [9.17, 15) is 9.50 Å². The van der Waals surface area contributed by atoms with Gasteiger partial charge in [0.15, 0.2) is 0 Å². The summed E-state index contributed by atoms with van der Waals surface area (Å²) < 4.78 is 13.8. The number of anilines is 1. The summed E-state index contributed by atoms with van der Waals surface area (Å²) in [5.41, 5.74) is 5.60. The largest absolute Gasteiger partial charge is 0.388 e. The molecule has 1 heterocycles.